The molecule has 3 amide bonds. The van der Waals surface area contributed by atoms with E-state index in [4.69, 9.17) is 0 Å². The molecule has 0 saturated heterocycles. The van der Waals surface area contributed by atoms with Crippen LogP contribution in [0.15, 0.2) is 36.9 Å². The third kappa shape index (κ3) is 5.80. The molecule has 2 rings (SSSR count). The van der Waals surface area contributed by atoms with Crippen LogP contribution in [-0.4, -0.2) is 28.0 Å². The lowest BCUT2D eigenvalue weighted by Crippen LogP contribution is -2.31. The van der Waals surface area contributed by atoms with Gasteiger partial charge >= 0.3 is 12.2 Å². The van der Waals surface area contributed by atoms with Crippen LogP contribution >= 0.6 is 0 Å². The van der Waals surface area contributed by atoms with Crippen LogP contribution in [0, 0.1) is 0 Å². The molecule has 26 heavy (non-hydrogen) atoms. The first-order valence-electron chi connectivity index (χ1n) is 7.75. The predicted octanol–water partition coefficient (Wildman–Crippen LogP) is 3.07. The predicted molar refractivity (Wildman–Crippen MR) is 89.6 cm³/mol. The first kappa shape index (κ1) is 19.3. The number of carbonyl (C=O) groups is 2. The summed E-state index contributed by atoms with van der Waals surface area (Å²) in [7, 11) is 0. The summed E-state index contributed by atoms with van der Waals surface area (Å²) >= 11 is 0. The molecule has 1 aromatic carbocycles. The van der Waals surface area contributed by atoms with Gasteiger partial charge in [0.1, 0.15) is 0 Å². The summed E-state index contributed by atoms with van der Waals surface area (Å²) in [4.78, 5) is 26.7. The molecule has 0 aliphatic carbocycles. The van der Waals surface area contributed by atoms with E-state index < -0.39 is 29.4 Å². The largest absolute Gasteiger partial charge is 0.418 e. The number of urea groups is 1. The lowest BCUT2D eigenvalue weighted by atomic mass is 10.1. The van der Waals surface area contributed by atoms with E-state index in [-0.39, 0.29) is 12.2 Å². The van der Waals surface area contributed by atoms with Crippen LogP contribution in [0.2, 0.25) is 0 Å². The fraction of sp³-hybridized carbons (Fsp3) is 0.312. The molecule has 140 valence electrons. The van der Waals surface area contributed by atoms with Crippen LogP contribution in [0.1, 0.15) is 18.9 Å². The van der Waals surface area contributed by atoms with Crippen LogP contribution in [0.3, 0.4) is 0 Å². The maximum absolute atomic E-state index is 13.2. The van der Waals surface area contributed by atoms with Gasteiger partial charge in [-0.15, -0.1) is 0 Å². The number of nitrogens with one attached hydrogen (secondary N) is 3. The Balaban J connectivity index is 1.96. The molecule has 0 bridgehead atoms. The Morgan fingerprint density at radius 1 is 1.23 bits per heavy atom. The molecule has 0 spiro atoms. The van der Waals surface area contributed by atoms with E-state index in [0.717, 1.165) is 12.1 Å². The second kappa shape index (κ2) is 8.37. The molecule has 2 aromatic rings. The molecule has 0 aliphatic heterocycles. The normalized spacial score (nSPS) is 11.1. The highest BCUT2D eigenvalue weighted by molar-refractivity contribution is 5.92. The van der Waals surface area contributed by atoms with Crippen LogP contribution in [0.4, 0.5) is 29.3 Å². The van der Waals surface area contributed by atoms with Crippen LogP contribution < -0.4 is 16.0 Å². The number of aryl methyl sites for hydroxylation is 1. The van der Waals surface area contributed by atoms with E-state index in [1.54, 1.807) is 18.7 Å². The number of benzene rings is 1. The molecular weight excluding hydrogens is 351 g/mol. The average Bonchev–Trinajstić information content (AvgIpc) is 3.05. The van der Waals surface area contributed by atoms with Gasteiger partial charge in [-0.3, -0.25) is 4.79 Å². The zero-order valence-corrected chi connectivity index (χ0v) is 13.9. The lowest BCUT2D eigenvalue weighted by Gasteiger charge is -2.16. The van der Waals surface area contributed by atoms with Crippen molar-refractivity contribution in [3.63, 3.8) is 0 Å². The number of carbonyl (C=O) groups excluding carboxylic acids is 2. The minimum Gasteiger partial charge on any atom is -0.338 e. The van der Waals surface area contributed by atoms with Gasteiger partial charge in [0.25, 0.3) is 0 Å². The van der Waals surface area contributed by atoms with Crippen molar-refractivity contribution in [1.29, 1.82) is 0 Å². The van der Waals surface area contributed by atoms with E-state index >= 15 is 0 Å². The maximum Gasteiger partial charge on any atom is 0.418 e. The van der Waals surface area contributed by atoms with Crippen molar-refractivity contribution in [2.45, 2.75) is 26.1 Å². The summed E-state index contributed by atoms with van der Waals surface area (Å²) in [6.45, 7) is 2.10. The van der Waals surface area contributed by atoms with Crippen LogP contribution in [0.5, 0.6) is 0 Å². The SMILES string of the molecule is CC(=O)Nc1ccc(NC(=O)NCCCn2ccnc2)c(C(F)(F)F)c1. The molecule has 0 unspecified atom stereocenters. The Kier molecular flexibility index (Phi) is 6.21. The molecule has 3 N–H and O–H groups in total. The molecule has 0 atom stereocenters. The molecule has 0 aliphatic rings. The van der Waals surface area contributed by atoms with Crippen molar-refractivity contribution in [2.75, 3.05) is 17.2 Å². The fourth-order valence-electron chi connectivity index (χ4n) is 2.22. The number of hydrogen-bond acceptors (Lipinski definition) is 3. The van der Waals surface area contributed by atoms with Crippen molar-refractivity contribution < 1.29 is 22.8 Å². The minimum absolute atomic E-state index is 0.00360. The van der Waals surface area contributed by atoms with E-state index in [9.17, 15) is 22.8 Å². The molecule has 7 nitrogen and oxygen atoms in total. The first-order chi connectivity index (χ1) is 12.3. The summed E-state index contributed by atoms with van der Waals surface area (Å²) in [5.74, 6) is -0.491. The highest BCUT2D eigenvalue weighted by atomic mass is 19.4. The van der Waals surface area contributed by atoms with Gasteiger partial charge in [0, 0.05) is 38.1 Å². The molecule has 0 saturated carbocycles. The number of anilines is 2. The standard InChI is InChI=1S/C16H18F3N5O2/c1-11(25)22-12-3-4-14(13(9-12)16(17,18)19)23-15(26)21-5-2-7-24-8-6-20-10-24/h3-4,6,8-10H,2,5,7H2,1H3,(H,22,25)(H2,21,23,26). The van der Waals surface area contributed by atoms with Crippen molar-refractivity contribution in [3.8, 4) is 0 Å². The van der Waals surface area contributed by atoms with E-state index in [1.807, 2.05) is 4.57 Å². The highest BCUT2D eigenvalue weighted by Gasteiger charge is 2.34. The highest BCUT2D eigenvalue weighted by Crippen LogP contribution is 2.36. The van der Waals surface area contributed by atoms with Crippen LogP contribution in [0.25, 0.3) is 0 Å². The van der Waals surface area contributed by atoms with Gasteiger partial charge in [-0.1, -0.05) is 0 Å². The third-order valence-electron chi connectivity index (χ3n) is 3.33. The Bertz CT molecular complexity index is 760. The van der Waals surface area contributed by atoms with Crippen molar-refractivity contribution >= 4 is 23.3 Å². The van der Waals surface area contributed by atoms with Crippen LogP contribution in [-0.2, 0) is 17.5 Å². The lowest BCUT2D eigenvalue weighted by molar-refractivity contribution is -0.137. The van der Waals surface area contributed by atoms with Gasteiger partial charge in [-0.05, 0) is 24.6 Å². The summed E-state index contributed by atoms with van der Waals surface area (Å²) in [6.07, 6.45) is 0.942. The van der Waals surface area contributed by atoms with Gasteiger partial charge in [0.05, 0.1) is 17.6 Å². The Hall–Kier alpha value is -3.04. The third-order valence-corrected chi connectivity index (χ3v) is 3.33. The average molecular weight is 369 g/mol. The second-order valence-electron chi connectivity index (χ2n) is 5.47. The number of aromatic nitrogens is 2. The topological polar surface area (TPSA) is 88.0 Å². The fourth-order valence-corrected chi connectivity index (χ4v) is 2.22. The molecular formula is C16H18F3N5O2. The van der Waals surface area contributed by atoms with Gasteiger partial charge in [0.2, 0.25) is 5.91 Å². The number of nitrogens with zero attached hydrogens (tertiary/aromatic N) is 2. The smallest absolute Gasteiger partial charge is 0.338 e. The summed E-state index contributed by atoms with van der Waals surface area (Å²) in [6, 6.07) is 2.41. The van der Waals surface area contributed by atoms with E-state index in [1.165, 1.54) is 13.0 Å². The van der Waals surface area contributed by atoms with Gasteiger partial charge in [0.15, 0.2) is 0 Å². The zero-order valence-electron chi connectivity index (χ0n) is 13.9. The summed E-state index contributed by atoms with van der Waals surface area (Å²) < 4.78 is 41.4. The monoisotopic (exact) mass is 369 g/mol. The molecule has 1 aromatic heterocycles. The van der Waals surface area contributed by atoms with Gasteiger partial charge < -0.3 is 20.5 Å². The molecule has 1 heterocycles. The molecule has 10 heteroatoms. The number of hydrogen-bond donors (Lipinski definition) is 3. The summed E-state index contributed by atoms with van der Waals surface area (Å²) in [5.41, 5.74) is -1.44. The number of imidazole rings is 1. The van der Waals surface area contributed by atoms with Crippen molar-refractivity contribution in [2.24, 2.45) is 0 Å². The number of halogens is 3. The molecule has 0 radical (unpaired) electrons. The van der Waals surface area contributed by atoms with Crippen molar-refractivity contribution in [1.82, 2.24) is 14.9 Å². The Morgan fingerprint density at radius 2 is 2.00 bits per heavy atom. The number of amides is 3. The number of alkyl halides is 3. The summed E-state index contributed by atoms with van der Waals surface area (Å²) in [5, 5.41) is 6.97. The number of rotatable bonds is 6. The first-order valence-corrected chi connectivity index (χ1v) is 7.75. The zero-order chi connectivity index (χ0) is 19.2. The minimum atomic E-state index is -4.68. The van der Waals surface area contributed by atoms with Crippen molar-refractivity contribution in [3.05, 3.63) is 42.5 Å². The van der Waals surface area contributed by atoms with Gasteiger partial charge in [-0.2, -0.15) is 13.2 Å². The Morgan fingerprint density at radius 3 is 2.62 bits per heavy atom. The second-order valence-corrected chi connectivity index (χ2v) is 5.47. The van der Waals surface area contributed by atoms with E-state index in [2.05, 4.69) is 20.9 Å². The Labute approximate surface area is 147 Å². The quantitative estimate of drug-likeness (QED) is 0.684. The van der Waals surface area contributed by atoms with Gasteiger partial charge in [-0.25, -0.2) is 9.78 Å². The molecule has 0 fully saturated rings. The maximum atomic E-state index is 13.2. The van der Waals surface area contributed by atoms with E-state index in [0.29, 0.717) is 13.0 Å².